The third-order valence-corrected chi connectivity index (χ3v) is 6.76. The minimum atomic E-state index is -0.766. The van der Waals surface area contributed by atoms with Crippen molar-refractivity contribution in [3.8, 4) is 17.2 Å². The number of hydrogen-bond acceptors (Lipinski definition) is 6. The number of unbranched alkanes of at least 4 members (excludes halogenated alkanes) is 2. The number of ketones is 1. The molecular weight excluding hydrogens is 482 g/mol. The molecule has 0 radical (unpaired) electrons. The van der Waals surface area contributed by atoms with Crippen molar-refractivity contribution in [2.45, 2.75) is 38.8 Å². The Bertz CT molecular complexity index is 1330. The fraction of sp³-hybridized carbons (Fsp3) is 0.290. The van der Waals surface area contributed by atoms with Crippen LogP contribution in [0.4, 0.5) is 0 Å². The minimum absolute atomic E-state index is 0.0409. The summed E-state index contributed by atoms with van der Waals surface area (Å²) in [5.41, 5.74) is 2.02. The van der Waals surface area contributed by atoms with Crippen LogP contribution >= 0.6 is 0 Å². The molecule has 1 saturated heterocycles. The Morgan fingerprint density at radius 2 is 1.68 bits per heavy atom. The van der Waals surface area contributed by atoms with Crippen LogP contribution < -0.4 is 14.2 Å². The van der Waals surface area contributed by atoms with E-state index < -0.39 is 17.7 Å². The van der Waals surface area contributed by atoms with E-state index in [-0.39, 0.29) is 17.9 Å². The number of carbonyl (C=O) groups is 2. The highest BCUT2D eigenvalue weighted by atomic mass is 16.6. The van der Waals surface area contributed by atoms with Crippen LogP contribution in [0, 0.1) is 0 Å². The standard InChI is InChI=1S/C31H31NO6/c1-2-3-7-16-36-24-13-10-22(11-14-24)28-27(29(33)23-12-15-25-26(19-23)38-18-17-37-25)30(34)31(35)32(28)20-21-8-5-4-6-9-21/h4-6,8-15,19,28,33H,2-3,7,16-18,20H2,1H3/t28-/m0/s1. The number of Topliss-reactive ketones (excluding diaryl/α,β-unsaturated/α-hetero) is 1. The molecule has 2 aliphatic heterocycles. The second-order valence-electron chi connectivity index (χ2n) is 9.40. The first-order chi connectivity index (χ1) is 18.6. The van der Waals surface area contributed by atoms with Gasteiger partial charge in [-0.05, 0) is 47.9 Å². The van der Waals surface area contributed by atoms with E-state index in [4.69, 9.17) is 14.2 Å². The van der Waals surface area contributed by atoms with Crippen molar-refractivity contribution in [1.29, 1.82) is 0 Å². The third kappa shape index (κ3) is 5.23. The molecule has 0 aliphatic carbocycles. The van der Waals surface area contributed by atoms with Gasteiger partial charge in [-0.15, -0.1) is 0 Å². The summed E-state index contributed by atoms with van der Waals surface area (Å²) in [6.07, 6.45) is 3.20. The molecule has 7 heteroatoms. The average molecular weight is 514 g/mol. The first-order valence-electron chi connectivity index (χ1n) is 13.0. The number of aliphatic hydroxyl groups is 1. The summed E-state index contributed by atoms with van der Waals surface area (Å²) >= 11 is 0. The normalized spacial score (nSPS) is 18.0. The van der Waals surface area contributed by atoms with Gasteiger partial charge in [-0.1, -0.05) is 62.2 Å². The number of carbonyl (C=O) groups excluding carboxylic acids is 2. The second kappa shape index (κ2) is 11.4. The molecular formula is C31H31NO6. The molecule has 2 aliphatic rings. The first kappa shape index (κ1) is 25.4. The summed E-state index contributed by atoms with van der Waals surface area (Å²) in [6.45, 7) is 3.84. The topological polar surface area (TPSA) is 85.3 Å². The van der Waals surface area contributed by atoms with Crippen LogP contribution in [-0.4, -0.2) is 41.5 Å². The smallest absolute Gasteiger partial charge is 0.295 e. The van der Waals surface area contributed by atoms with Gasteiger partial charge in [0, 0.05) is 12.1 Å². The number of ether oxygens (including phenoxy) is 3. The number of likely N-dealkylation sites (tertiary alicyclic amines) is 1. The van der Waals surface area contributed by atoms with Crippen molar-refractivity contribution in [3.05, 3.63) is 95.1 Å². The van der Waals surface area contributed by atoms with Crippen molar-refractivity contribution in [2.24, 2.45) is 0 Å². The summed E-state index contributed by atoms with van der Waals surface area (Å²) in [7, 11) is 0. The van der Waals surface area contributed by atoms with E-state index in [1.165, 1.54) is 4.90 Å². The largest absolute Gasteiger partial charge is 0.507 e. The summed E-state index contributed by atoms with van der Waals surface area (Å²) < 4.78 is 17.1. The average Bonchev–Trinajstić information content (AvgIpc) is 3.20. The number of aliphatic hydroxyl groups excluding tert-OH is 1. The van der Waals surface area contributed by atoms with Crippen molar-refractivity contribution >= 4 is 17.4 Å². The van der Waals surface area contributed by atoms with Crippen LogP contribution in [-0.2, 0) is 16.1 Å². The number of amides is 1. The molecule has 196 valence electrons. The van der Waals surface area contributed by atoms with E-state index >= 15 is 0 Å². The molecule has 1 N–H and O–H groups in total. The molecule has 3 aromatic carbocycles. The predicted molar refractivity (Wildman–Crippen MR) is 143 cm³/mol. The molecule has 0 bridgehead atoms. The maximum atomic E-state index is 13.4. The molecule has 7 nitrogen and oxygen atoms in total. The lowest BCUT2D eigenvalue weighted by molar-refractivity contribution is -0.140. The van der Waals surface area contributed by atoms with Crippen molar-refractivity contribution in [2.75, 3.05) is 19.8 Å². The highest BCUT2D eigenvalue weighted by Gasteiger charge is 2.46. The quantitative estimate of drug-likeness (QED) is 0.172. The van der Waals surface area contributed by atoms with Crippen LogP contribution in [0.15, 0.2) is 78.4 Å². The van der Waals surface area contributed by atoms with Crippen LogP contribution in [0.5, 0.6) is 17.2 Å². The zero-order valence-corrected chi connectivity index (χ0v) is 21.4. The Morgan fingerprint density at radius 3 is 2.42 bits per heavy atom. The third-order valence-electron chi connectivity index (χ3n) is 6.76. The lowest BCUT2D eigenvalue weighted by Crippen LogP contribution is -2.29. The van der Waals surface area contributed by atoms with Crippen LogP contribution in [0.25, 0.3) is 5.76 Å². The highest BCUT2D eigenvalue weighted by molar-refractivity contribution is 6.46. The van der Waals surface area contributed by atoms with E-state index in [1.807, 2.05) is 54.6 Å². The van der Waals surface area contributed by atoms with Crippen LogP contribution in [0.3, 0.4) is 0 Å². The van der Waals surface area contributed by atoms with Crippen molar-refractivity contribution in [1.82, 2.24) is 4.90 Å². The Labute approximate surface area is 222 Å². The van der Waals surface area contributed by atoms with Gasteiger partial charge >= 0.3 is 0 Å². The molecule has 1 amide bonds. The fourth-order valence-electron chi connectivity index (χ4n) is 4.80. The van der Waals surface area contributed by atoms with Gasteiger partial charge in [0.25, 0.3) is 11.7 Å². The monoisotopic (exact) mass is 513 g/mol. The number of fused-ring (bicyclic) bond motifs is 1. The summed E-state index contributed by atoms with van der Waals surface area (Å²) in [5.74, 6) is 0.150. The SMILES string of the molecule is CCCCCOc1ccc([C@H]2C(=C(O)c3ccc4c(c3)OCCO4)C(=O)C(=O)N2Cc2ccccc2)cc1. The van der Waals surface area contributed by atoms with Gasteiger partial charge in [0.1, 0.15) is 24.7 Å². The predicted octanol–water partition coefficient (Wildman–Crippen LogP) is 5.65. The lowest BCUT2D eigenvalue weighted by Gasteiger charge is -2.26. The Morgan fingerprint density at radius 1 is 0.947 bits per heavy atom. The maximum Gasteiger partial charge on any atom is 0.295 e. The molecule has 3 aromatic rings. The van der Waals surface area contributed by atoms with Gasteiger partial charge in [0.05, 0.1) is 18.2 Å². The summed E-state index contributed by atoms with van der Waals surface area (Å²) in [5, 5.41) is 11.4. The zero-order chi connectivity index (χ0) is 26.5. The summed E-state index contributed by atoms with van der Waals surface area (Å²) in [6, 6.07) is 21.1. The Kier molecular flexibility index (Phi) is 7.63. The van der Waals surface area contributed by atoms with Crippen LogP contribution in [0.1, 0.15) is 48.9 Å². The number of rotatable bonds is 9. The van der Waals surface area contributed by atoms with Gasteiger partial charge < -0.3 is 24.2 Å². The van der Waals surface area contributed by atoms with Gasteiger partial charge in [-0.25, -0.2) is 0 Å². The molecule has 1 fully saturated rings. The first-order valence-corrected chi connectivity index (χ1v) is 13.0. The maximum absolute atomic E-state index is 13.4. The lowest BCUT2D eigenvalue weighted by atomic mass is 9.95. The van der Waals surface area contributed by atoms with E-state index in [0.29, 0.717) is 42.4 Å². The molecule has 1 atom stereocenters. The van der Waals surface area contributed by atoms with E-state index in [9.17, 15) is 14.7 Å². The molecule has 5 rings (SSSR count). The van der Waals surface area contributed by atoms with Crippen molar-refractivity contribution < 1.29 is 28.9 Å². The Balaban J connectivity index is 1.53. The second-order valence-corrected chi connectivity index (χ2v) is 9.40. The molecule has 38 heavy (non-hydrogen) atoms. The van der Waals surface area contributed by atoms with E-state index in [2.05, 4.69) is 6.92 Å². The molecule has 0 spiro atoms. The highest BCUT2D eigenvalue weighted by Crippen LogP contribution is 2.42. The number of nitrogens with zero attached hydrogens (tertiary/aromatic N) is 1. The number of benzene rings is 3. The van der Waals surface area contributed by atoms with Crippen LogP contribution in [0.2, 0.25) is 0 Å². The van der Waals surface area contributed by atoms with E-state index in [0.717, 1.165) is 30.6 Å². The van der Waals surface area contributed by atoms with Gasteiger partial charge in [-0.2, -0.15) is 0 Å². The molecule has 2 heterocycles. The molecule has 0 saturated carbocycles. The van der Waals surface area contributed by atoms with Gasteiger partial charge in [0.2, 0.25) is 0 Å². The van der Waals surface area contributed by atoms with Gasteiger partial charge in [0.15, 0.2) is 11.5 Å². The zero-order valence-electron chi connectivity index (χ0n) is 21.4. The number of hydrogen-bond donors (Lipinski definition) is 1. The van der Waals surface area contributed by atoms with E-state index in [1.54, 1.807) is 18.2 Å². The minimum Gasteiger partial charge on any atom is -0.507 e. The summed E-state index contributed by atoms with van der Waals surface area (Å²) in [4.78, 5) is 28.2. The van der Waals surface area contributed by atoms with Crippen molar-refractivity contribution in [3.63, 3.8) is 0 Å². The Hall–Kier alpha value is -4.26. The van der Waals surface area contributed by atoms with Gasteiger partial charge in [-0.3, -0.25) is 9.59 Å². The molecule has 0 aromatic heterocycles. The fourth-order valence-corrected chi connectivity index (χ4v) is 4.80. The molecule has 0 unspecified atom stereocenters.